The predicted octanol–water partition coefficient (Wildman–Crippen LogP) is 2.24. The molecule has 17 heavy (non-hydrogen) atoms. The highest BCUT2D eigenvalue weighted by atomic mass is 79.9. The molecule has 1 amide bonds. The Morgan fingerprint density at radius 3 is 2.47 bits per heavy atom. The minimum absolute atomic E-state index is 0.00890. The van der Waals surface area contributed by atoms with Crippen LogP contribution in [0.25, 0.3) is 0 Å². The molecule has 0 saturated carbocycles. The van der Waals surface area contributed by atoms with Crippen molar-refractivity contribution in [1.82, 2.24) is 5.32 Å². The Morgan fingerprint density at radius 1 is 1.35 bits per heavy atom. The number of halogens is 1. The Morgan fingerprint density at radius 2 is 1.94 bits per heavy atom. The molecule has 0 aliphatic carbocycles. The van der Waals surface area contributed by atoms with Gasteiger partial charge in [0, 0.05) is 23.0 Å². The van der Waals surface area contributed by atoms with Crippen molar-refractivity contribution in [3.63, 3.8) is 0 Å². The summed E-state index contributed by atoms with van der Waals surface area (Å²) in [5.41, 5.74) is 6.54. The number of nitrogens with two attached hydrogens (primary N) is 1. The SMILES string of the molecule is CC(C)(N)CC(=O)NCCc1ccc(Br)cc1. The smallest absolute Gasteiger partial charge is 0.221 e. The van der Waals surface area contributed by atoms with Gasteiger partial charge in [0.2, 0.25) is 5.91 Å². The molecule has 0 unspecified atom stereocenters. The summed E-state index contributed by atoms with van der Waals surface area (Å²) in [5.74, 6) is 0.00890. The minimum Gasteiger partial charge on any atom is -0.356 e. The Kier molecular flexibility index (Phi) is 5.15. The van der Waals surface area contributed by atoms with E-state index in [1.165, 1.54) is 5.56 Å². The number of nitrogens with one attached hydrogen (secondary N) is 1. The van der Waals surface area contributed by atoms with Gasteiger partial charge < -0.3 is 11.1 Å². The molecule has 0 aromatic heterocycles. The second-order valence-electron chi connectivity index (χ2n) is 4.89. The highest BCUT2D eigenvalue weighted by Crippen LogP contribution is 2.10. The Balaban J connectivity index is 2.28. The molecular weight excluding hydrogens is 280 g/mol. The molecule has 4 heteroatoms. The second kappa shape index (κ2) is 6.17. The van der Waals surface area contributed by atoms with E-state index in [2.05, 4.69) is 21.2 Å². The summed E-state index contributed by atoms with van der Waals surface area (Å²) in [7, 11) is 0. The molecule has 0 aliphatic heterocycles. The zero-order valence-corrected chi connectivity index (χ0v) is 11.9. The fourth-order valence-electron chi connectivity index (χ4n) is 1.47. The van der Waals surface area contributed by atoms with Crippen molar-refractivity contribution < 1.29 is 4.79 Å². The van der Waals surface area contributed by atoms with Crippen molar-refractivity contribution >= 4 is 21.8 Å². The van der Waals surface area contributed by atoms with Crippen molar-refractivity contribution in [2.24, 2.45) is 5.73 Å². The first-order valence-corrected chi connectivity index (χ1v) is 6.46. The van der Waals surface area contributed by atoms with E-state index in [-0.39, 0.29) is 5.91 Å². The number of carbonyl (C=O) groups excluding carboxylic acids is 1. The molecule has 0 spiro atoms. The lowest BCUT2D eigenvalue weighted by Crippen LogP contribution is -2.39. The Hall–Kier alpha value is -0.870. The van der Waals surface area contributed by atoms with Gasteiger partial charge in [0.1, 0.15) is 0 Å². The molecule has 0 fully saturated rings. The fourth-order valence-corrected chi connectivity index (χ4v) is 1.74. The Bertz CT molecular complexity index is 368. The molecular formula is C13H19BrN2O. The van der Waals surface area contributed by atoms with Crippen LogP contribution in [-0.4, -0.2) is 18.0 Å². The first-order valence-electron chi connectivity index (χ1n) is 5.67. The fraction of sp³-hybridized carbons (Fsp3) is 0.462. The van der Waals surface area contributed by atoms with Gasteiger partial charge >= 0.3 is 0 Å². The van der Waals surface area contributed by atoms with Crippen LogP contribution in [0.1, 0.15) is 25.8 Å². The molecule has 0 saturated heterocycles. The molecule has 0 aliphatic rings. The maximum Gasteiger partial charge on any atom is 0.221 e. The lowest BCUT2D eigenvalue weighted by atomic mass is 10.0. The number of hydrogen-bond donors (Lipinski definition) is 2. The number of hydrogen-bond acceptors (Lipinski definition) is 2. The van der Waals surface area contributed by atoms with Crippen molar-refractivity contribution in [2.75, 3.05) is 6.54 Å². The first-order chi connectivity index (χ1) is 7.87. The average Bonchev–Trinajstić information content (AvgIpc) is 2.18. The maximum absolute atomic E-state index is 11.5. The van der Waals surface area contributed by atoms with Gasteiger partial charge in [-0.2, -0.15) is 0 Å². The van der Waals surface area contributed by atoms with Crippen molar-refractivity contribution in [2.45, 2.75) is 32.2 Å². The van der Waals surface area contributed by atoms with E-state index >= 15 is 0 Å². The standard InChI is InChI=1S/C13H19BrN2O/c1-13(2,15)9-12(17)16-8-7-10-3-5-11(14)6-4-10/h3-6H,7-9,15H2,1-2H3,(H,16,17). The van der Waals surface area contributed by atoms with Crippen LogP contribution in [-0.2, 0) is 11.2 Å². The molecule has 0 bridgehead atoms. The van der Waals surface area contributed by atoms with Crippen LogP contribution in [0, 0.1) is 0 Å². The lowest BCUT2D eigenvalue weighted by molar-refractivity contribution is -0.121. The highest BCUT2D eigenvalue weighted by Gasteiger charge is 2.15. The number of amides is 1. The van der Waals surface area contributed by atoms with E-state index in [1.807, 2.05) is 38.1 Å². The topological polar surface area (TPSA) is 55.1 Å². The van der Waals surface area contributed by atoms with Gasteiger partial charge in [-0.15, -0.1) is 0 Å². The van der Waals surface area contributed by atoms with Crippen molar-refractivity contribution in [3.05, 3.63) is 34.3 Å². The third-order valence-electron chi connectivity index (χ3n) is 2.27. The zero-order valence-electron chi connectivity index (χ0n) is 10.3. The third kappa shape index (κ3) is 6.44. The van der Waals surface area contributed by atoms with Gasteiger partial charge in [-0.3, -0.25) is 4.79 Å². The van der Waals surface area contributed by atoms with E-state index in [1.54, 1.807) is 0 Å². The summed E-state index contributed by atoms with van der Waals surface area (Å²) >= 11 is 3.39. The summed E-state index contributed by atoms with van der Waals surface area (Å²) in [6.07, 6.45) is 1.19. The predicted molar refractivity (Wildman–Crippen MR) is 73.7 cm³/mol. The van der Waals surface area contributed by atoms with E-state index in [0.29, 0.717) is 13.0 Å². The summed E-state index contributed by atoms with van der Waals surface area (Å²) in [6.45, 7) is 4.35. The van der Waals surface area contributed by atoms with Gasteiger partial charge in [0.15, 0.2) is 0 Å². The molecule has 1 aromatic carbocycles. The van der Waals surface area contributed by atoms with Gasteiger partial charge in [-0.05, 0) is 38.0 Å². The average molecular weight is 299 g/mol. The first kappa shape index (κ1) is 14.2. The molecule has 0 atom stereocenters. The molecule has 94 valence electrons. The maximum atomic E-state index is 11.5. The van der Waals surface area contributed by atoms with Gasteiger partial charge in [-0.1, -0.05) is 28.1 Å². The molecule has 1 rings (SSSR count). The van der Waals surface area contributed by atoms with Crippen LogP contribution in [0.15, 0.2) is 28.7 Å². The largest absolute Gasteiger partial charge is 0.356 e. The monoisotopic (exact) mass is 298 g/mol. The number of carbonyl (C=O) groups is 1. The van der Waals surface area contributed by atoms with E-state index in [0.717, 1.165) is 10.9 Å². The molecule has 3 N–H and O–H groups in total. The van der Waals surface area contributed by atoms with Gasteiger partial charge in [0.25, 0.3) is 0 Å². The van der Waals surface area contributed by atoms with Crippen LogP contribution in [0.2, 0.25) is 0 Å². The lowest BCUT2D eigenvalue weighted by Gasteiger charge is -2.17. The minimum atomic E-state index is -0.443. The summed E-state index contributed by atoms with van der Waals surface area (Å²) in [6, 6.07) is 8.09. The van der Waals surface area contributed by atoms with Crippen LogP contribution in [0.5, 0.6) is 0 Å². The van der Waals surface area contributed by atoms with Gasteiger partial charge in [0.05, 0.1) is 0 Å². The molecule has 1 aromatic rings. The second-order valence-corrected chi connectivity index (χ2v) is 5.81. The number of benzene rings is 1. The molecule has 3 nitrogen and oxygen atoms in total. The highest BCUT2D eigenvalue weighted by molar-refractivity contribution is 9.10. The normalized spacial score (nSPS) is 11.3. The summed E-state index contributed by atoms with van der Waals surface area (Å²) in [5, 5.41) is 2.87. The molecule has 0 heterocycles. The van der Waals surface area contributed by atoms with Crippen molar-refractivity contribution in [3.8, 4) is 0 Å². The van der Waals surface area contributed by atoms with E-state index < -0.39 is 5.54 Å². The molecule has 0 radical (unpaired) electrons. The Labute approximate surface area is 111 Å². The van der Waals surface area contributed by atoms with E-state index in [9.17, 15) is 4.79 Å². The summed E-state index contributed by atoms with van der Waals surface area (Å²) in [4.78, 5) is 11.5. The van der Waals surface area contributed by atoms with Gasteiger partial charge in [-0.25, -0.2) is 0 Å². The number of rotatable bonds is 5. The van der Waals surface area contributed by atoms with Crippen LogP contribution >= 0.6 is 15.9 Å². The van der Waals surface area contributed by atoms with Crippen LogP contribution in [0.4, 0.5) is 0 Å². The quantitative estimate of drug-likeness (QED) is 0.876. The van der Waals surface area contributed by atoms with Crippen LogP contribution in [0.3, 0.4) is 0 Å². The van der Waals surface area contributed by atoms with Crippen LogP contribution < -0.4 is 11.1 Å². The van der Waals surface area contributed by atoms with Crippen molar-refractivity contribution in [1.29, 1.82) is 0 Å². The summed E-state index contributed by atoms with van der Waals surface area (Å²) < 4.78 is 1.06. The third-order valence-corrected chi connectivity index (χ3v) is 2.79. The zero-order chi connectivity index (χ0) is 12.9. The van der Waals surface area contributed by atoms with E-state index in [4.69, 9.17) is 5.73 Å².